The van der Waals surface area contributed by atoms with Gasteiger partial charge in [0.05, 0.1) is 22.1 Å². The van der Waals surface area contributed by atoms with Crippen LogP contribution in [-0.4, -0.2) is 19.6 Å². The molecule has 0 bridgehead atoms. The molecule has 28 heavy (non-hydrogen) atoms. The molecule has 0 N–H and O–H groups in total. The second kappa shape index (κ2) is 5.76. The lowest BCUT2D eigenvalue weighted by Crippen LogP contribution is -1.92. The Morgan fingerprint density at radius 3 is 2.29 bits per heavy atom. The Balaban J connectivity index is 1.68. The summed E-state index contributed by atoms with van der Waals surface area (Å²) in [6.45, 7) is 0. The Morgan fingerprint density at radius 2 is 1.39 bits per heavy atom. The molecule has 3 aromatic heterocycles. The summed E-state index contributed by atoms with van der Waals surface area (Å²) in [5, 5.41) is 9.66. The summed E-state index contributed by atoms with van der Waals surface area (Å²) >= 11 is 0. The highest BCUT2D eigenvalue weighted by Gasteiger charge is 2.18. The van der Waals surface area contributed by atoms with Gasteiger partial charge in [0.15, 0.2) is 5.65 Å². The molecule has 5 nitrogen and oxygen atoms in total. The monoisotopic (exact) mass is 362 g/mol. The highest BCUT2D eigenvalue weighted by atomic mass is 16.4. The zero-order valence-corrected chi connectivity index (χ0v) is 14.8. The van der Waals surface area contributed by atoms with Crippen molar-refractivity contribution in [2.45, 2.75) is 0 Å². The van der Waals surface area contributed by atoms with E-state index in [1.54, 1.807) is 0 Å². The van der Waals surface area contributed by atoms with E-state index in [4.69, 9.17) is 9.40 Å². The molecule has 6 aromatic rings. The average molecular weight is 362 g/mol. The lowest BCUT2D eigenvalue weighted by molar-refractivity contribution is 0.585. The third kappa shape index (κ3) is 2.16. The van der Waals surface area contributed by atoms with Gasteiger partial charge in [-0.3, -0.25) is 4.40 Å². The number of hydrogen-bond acceptors (Lipinski definition) is 4. The molecule has 0 saturated carbocycles. The summed E-state index contributed by atoms with van der Waals surface area (Å²) < 4.78 is 8.19. The van der Waals surface area contributed by atoms with E-state index in [9.17, 15) is 0 Å². The fourth-order valence-corrected chi connectivity index (χ4v) is 3.67. The maximum absolute atomic E-state index is 6.03. The van der Waals surface area contributed by atoms with E-state index in [2.05, 4.69) is 38.9 Å². The third-order valence-corrected chi connectivity index (χ3v) is 4.96. The second-order valence-corrected chi connectivity index (χ2v) is 6.65. The fraction of sp³-hybridized carbons (Fsp3) is 0. The number of imidazole rings is 1. The van der Waals surface area contributed by atoms with Crippen LogP contribution >= 0.6 is 0 Å². The molecule has 0 atom stereocenters. The Labute approximate surface area is 159 Å². The molecule has 5 heteroatoms. The van der Waals surface area contributed by atoms with Gasteiger partial charge in [0, 0.05) is 5.56 Å². The lowest BCUT2D eigenvalue weighted by atomic mass is 10.1. The number of nitrogens with zero attached hydrogens (tertiary/aromatic N) is 4. The topological polar surface area (TPSA) is 56.2 Å². The largest absolute Gasteiger partial charge is 0.416 e. The summed E-state index contributed by atoms with van der Waals surface area (Å²) in [5.41, 5.74) is 5.61. The Hall–Kier alpha value is -3.99. The van der Waals surface area contributed by atoms with E-state index in [0.29, 0.717) is 11.8 Å². The number of aromatic nitrogens is 4. The van der Waals surface area contributed by atoms with Gasteiger partial charge in [-0.15, -0.1) is 10.2 Å². The van der Waals surface area contributed by atoms with E-state index in [1.807, 2.05) is 60.7 Å². The number of benzene rings is 3. The van der Waals surface area contributed by atoms with Crippen molar-refractivity contribution in [3.63, 3.8) is 0 Å². The van der Waals surface area contributed by atoms with Crippen molar-refractivity contribution in [2.24, 2.45) is 0 Å². The molecule has 132 valence electrons. The van der Waals surface area contributed by atoms with E-state index in [-0.39, 0.29) is 0 Å². The average Bonchev–Trinajstić information content (AvgIpc) is 3.39. The summed E-state index contributed by atoms with van der Waals surface area (Å²) in [6, 6.07) is 28.2. The normalized spacial score (nSPS) is 11.6. The number of para-hydroxylation sites is 3. The number of pyridine rings is 1. The van der Waals surface area contributed by atoms with Crippen molar-refractivity contribution < 1.29 is 4.42 Å². The minimum atomic E-state index is 0.463. The van der Waals surface area contributed by atoms with Crippen LogP contribution < -0.4 is 0 Å². The van der Waals surface area contributed by atoms with Crippen LogP contribution in [0.3, 0.4) is 0 Å². The van der Waals surface area contributed by atoms with Gasteiger partial charge in [-0.05, 0) is 41.8 Å². The van der Waals surface area contributed by atoms with E-state index in [0.717, 1.165) is 38.7 Å². The Kier molecular flexibility index (Phi) is 3.10. The van der Waals surface area contributed by atoms with E-state index in [1.165, 1.54) is 0 Å². The molecule has 0 aliphatic carbocycles. The van der Waals surface area contributed by atoms with Gasteiger partial charge < -0.3 is 4.42 Å². The van der Waals surface area contributed by atoms with Gasteiger partial charge in [0.1, 0.15) is 0 Å². The third-order valence-electron chi connectivity index (χ3n) is 4.96. The number of fused-ring (bicyclic) bond motifs is 5. The summed E-state index contributed by atoms with van der Waals surface area (Å²) in [4.78, 5) is 4.86. The van der Waals surface area contributed by atoms with Gasteiger partial charge in [-0.2, -0.15) is 0 Å². The SMILES string of the molecule is c1ccc(-c2nnc(-c3cc4ccccc4n4c3nc3ccccc34)o2)cc1. The molecule has 0 unspecified atom stereocenters. The van der Waals surface area contributed by atoms with Crippen LogP contribution in [0.5, 0.6) is 0 Å². The second-order valence-electron chi connectivity index (χ2n) is 6.65. The van der Waals surface area contributed by atoms with Crippen molar-refractivity contribution in [3.8, 4) is 22.9 Å². The van der Waals surface area contributed by atoms with Gasteiger partial charge in [0.25, 0.3) is 5.89 Å². The number of hydrogen-bond donors (Lipinski definition) is 0. The fourth-order valence-electron chi connectivity index (χ4n) is 3.67. The molecular formula is C23H14N4O. The Morgan fingerprint density at radius 1 is 0.679 bits per heavy atom. The van der Waals surface area contributed by atoms with Crippen molar-refractivity contribution in [3.05, 3.63) is 84.9 Å². The quantitative estimate of drug-likeness (QED) is 0.416. The van der Waals surface area contributed by atoms with Crippen LogP contribution in [0.2, 0.25) is 0 Å². The first-order valence-electron chi connectivity index (χ1n) is 9.07. The maximum atomic E-state index is 6.03. The molecule has 3 aromatic carbocycles. The van der Waals surface area contributed by atoms with E-state index < -0.39 is 0 Å². The lowest BCUT2D eigenvalue weighted by Gasteiger charge is -2.06. The first-order valence-corrected chi connectivity index (χ1v) is 9.07. The molecule has 0 amide bonds. The van der Waals surface area contributed by atoms with Gasteiger partial charge in [0.2, 0.25) is 5.89 Å². The Bertz CT molecular complexity index is 1460. The molecular weight excluding hydrogens is 348 g/mol. The van der Waals surface area contributed by atoms with Crippen molar-refractivity contribution in [2.75, 3.05) is 0 Å². The van der Waals surface area contributed by atoms with Gasteiger partial charge in [-0.1, -0.05) is 48.5 Å². The number of rotatable bonds is 2. The molecule has 0 spiro atoms. The van der Waals surface area contributed by atoms with Crippen LogP contribution in [0, 0.1) is 0 Å². The van der Waals surface area contributed by atoms with Crippen LogP contribution in [-0.2, 0) is 0 Å². The van der Waals surface area contributed by atoms with Crippen molar-refractivity contribution in [1.29, 1.82) is 0 Å². The van der Waals surface area contributed by atoms with Gasteiger partial charge >= 0.3 is 0 Å². The predicted molar refractivity (Wildman–Crippen MR) is 109 cm³/mol. The van der Waals surface area contributed by atoms with Crippen molar-refractivity contribution in [1.82, 2.24) is 19.6 Å². The molecule has 0 fully saturated rings. The molecule has 0 radical (unpaired) electrons. The molecule has 0 aliphatic rings. The highest BCUT2D eigenvalue weighted by Crippen LogP contribution is 2.32. The van der Waals surface area contributed by atoms with Crippen LogP contribution in [0.4, 0.5) is 0 Å². The highest BCUT2D eigenvalue weighted by molar-refractivity contribution is 5.96. The zero-order chi connectivity index (χ0) is 18.5. The van der Waals surface area contributed by atoms with Crippen LogP contribution in [0.15, 0.2) is 89.3 Å². The zero-order valence-electron chi connectivity index (χ0n) is 14.8. The predicted octanol–water partition coefficient (Wildman–Crippen LogP) is 5.36. The smallest absolute Gasteiger partial charge is 0.251 e. The maximum Gasteiger partial charge on any atom is 0.251 e. The minimum absolute atomic E-state index is 0.463. The van der Waals surface area contributed by atoms with Crippen molar-refractivity contribution >= 4 is 27.6 Å². The van der Waals surface area contributed by atoms with Gasteiger partial charge in [-0.25, -0.2) is 4.98 Å². The summed E-state index contributed by atoms with van der Waals surface area (Å²) in [7, 11) is 0. The molecule has 6 rings (SSSR count). The van der Waals surface area contributed by atoms with Crippen LogP contribution in [0.25, 0.3) is 50.5 Å². The summed E-state index contributed by atoms with van der Waals surface area (Å²) in [6.07, 6.45) is 0. The molecule has 3 heterocycles. The molecule has 0 aliphatic heterocycles. The first kappa shape index (κ1) is 15.1. The first-order chi connectivity index (χ1) is 13.9. The molecule has 0 saturated heterocycles. The standard InChI is InChI=1S/C23H14N4O/c1-2-8-15(9-3-1)22-25-26-23(28-22)17-14-16-10-4-6-12-19(16)27-20-13-7-5-11-18(20)24-21(17)27/h1-14H. The summed E-state index contributed by atoms with van der Waals surface area (Å²) in [5.74, 6) is 0.961. The minimum Gasteiger partial charge on any atom is -0.416 e. The van der Waals surface area contributed by atoms with E-state index >= 15 is 0 Å². The van der Waals surface area contributed by atoms with Crippen LogP contribution in [0.1, 0.15) is 0 Å².